The Morgan fingerprint density at radius 2 is 0.825 bits per heavy atom. The molecule has 57 heavy (non-hydrogen) atoms. The quantitative estimate of drug-likeness (QED) is 0.162. The van der Waals surface area contributed by atoms with Crippen molar-refractivity contribution < 1.29 is 4.42 Å². The van der Waals surface area contributed by atoms with Gasteiger partial charge in [0.05, 0.1) is 40.0 Å². The van der Waals surface area contributed by atoms with Crippen LogP contribution in [-0.2, 0) is 21.7 Å². The molecule has 4 nitrogen and oxygen atoms in total. The fourth-order valence-electron chi connectivity index (χ4n) is 8.72. The number of benzene rings is 6. The summed E-state index contributed by atoms with van der Waals surface area (Å²) < 4.78 is 11.5. The molecule has 0 spiro atoms. The van der Waals surface area contributed by atoms with Crippen molar-refractivity contribution >= 4 is 71.2 Å². The van der Waals surface area contributed by atoms with Crippen LogP contribution in [0, 0.1) is 6.57 Å². The van der Waals surface area contributed by atoms with E-state index in [1.807, 2.05) is 12.1 Å². The van der Waals surface area contributed by atoms with E-state index in [2.05, 4.69) is 188 Å². The molecule has 0 aliphatic rings. The second-order valence-electron chi connectivity index (χ2n) is 20.3. The van der Waals surface area contributed by atoms with Gasteiger partial charge in [-0.05, 0) is 105 Å². The van der Waals surface area contributed by atoms with E-state index in [1.165, 1.54) is 43.8 Å². The SMILES string of the molecule is [C-]#[N+]c1c(-n2c3ccc(C(C)(C)C)cc3c3cc(C(C)(C)C)ccc32)cc2c(oc3ccccc32)c1-n1c2ccc(C(C)(C)C)cc2c2cc(C(C)(C)C)ccc21. The van der Waals surface area contributed by atoms with E-state index in [1.54, 1.807) is 0 Å². The molecular weight excluding hydrogens is 695 g/mol. The summed E-state index contributed by atoms with van der Waals surface area (Å²) in [6.07, 6.45) is 0. The first-order valence-electron chi connectivity index (χ1n) is 20.3. The Bertz CT molecular complexity index is 3020. The Labute approximate surface area is 336 Å². The maximum atomic E-state index is 9.09. The fourth-order valence-corrected chi connectivity index (χ4v) is 8.72. The molecule has 0 saturated heterocycles. The molecule has 0 amide bonds. The smallest absolute Gasteiger partial charge is 0.237 e. The van der Waals surface area contributed by atoms with Gasteiger partial charge in [0.25, 0.3) is 0 Å². The van der Waals surface area contributed by atoms with Crippen molar-refractivity contribution in [2.45, 2.75) is 105 Å². The molecule has 9 rings (SSSR count). The summed E-state index contributed by atoms with van der Waals surface area (Å²) >= 11 is 0. The maximum absolute atomic E-state index is 9.09. The van der Waals surface area contributed by atoms with E-state index in [9.17, 15) is 0 Å². The lowest BCUT2D eigenvalue weighted by Crippen LogP contribution is -2.10. The van der Waals surface area contributed by atoms with E-state index in [4.69, 9.17) is 11.0 Å². The van der Waals surface area contributed by atoms with Gasteiger partial charge in [-0.3, -0.25) is 0 Å². The van der Waals surface area contributed by atoms with Crippen LogP contribution in [0.3, 0.4) is 0 Å². The highest BCUT2D eigenvalue weighted by Gasteiger charge is 2.29. The predicted octanol–water partition coefficient (Wildman–Crippen LogP) is 15.5. The van der Waals surface area contributed by atoms with Crippen LogP contribution < -0.4 is 0 Å². The van der Waals surface area contributed by atoms with Crippen molar-refractivity contribution in [3.63, 3.8) is 0 Å². The first kappa shape index (κ1) is 36.8. The van der Waals surface area contributed by atoms with Crippen molar-refractivity contribution in [1.82, 2.24) is 9.13 Å². The lowest BCUT2D eigenvalue weighted by atomic mass is 9.85. The Morgan fingerprint density at radius 3 is 1.21 bits per heavy atom. The molecule has 3 aromatic heterocycles. The zero-order valence-electron chi connectivity index (χ0n) is 35.6. The van der Waals surface area contributed by atoms with Crippen molar-refractivity contribution in [2.24, 2.45) is 0 Å². The molecular formula is C53H53N3O. The summed E-state index contributed by atoms with van der Waals surface area (Å²) in [5, 5.41) is 6.76. The monoisotopic (exact) mass is 747 g/mol. The molecule has 0 bridgehead atoms. The molecule has 9 aromatic rings. The van der Waals surface area contributed by atoms with Gasteiger partial charge in [0.1, 0.15) is 11.2 Å². The normalized spacial score (nSPS) is 13.2. The van der Waals surface area contributed by atoms with Crippen LogP contribution in [0.5, 0.6) is 0 Å². The number of hydrogen-bond donors (Lipinski definition) is 0. The largest absolute Gasteiger partial charge is 0.455 e. The van der Waals surface area contributed by atoms with Crippen LogP contribution in [0.25, 0.3) is 81.8 Å². The Hall–Kier alpha value is -5.79. The third-order valence-corrected chi connectivity index (χ3v) is 12.2. The van der Waals surface area contributed by atoms with Gasteiger partial charge in [-0.15, -0.1) is 0 Å². The van der Waals surface area contributed by atoms with Crippen LogP contribution in [-0.4, -0.2) is 9.13 Å². The topological polar surface area (TPSA) is 27.4 Å². The summed E-state index contributed by atoms with van der Waals surface area (Å²) in [7, 11) is 0. The molecule has 286 valence electrons. The number of rotatable bonds is 2. The molecule has 0 radical (unpaired) electrons. The standard InChI is InChI=1S/C53H53N3O/c1-50(2,3)31-18-22-41-36(26-31)37-27-32(51(4,5)6)19-23-42(37)55(41)45-30-40-35-16-14-15-17-46(35)57-49(40)48(47(45)54-13)56-43-24-20-33(52(7,8)9)28-38(43)39-29-34(53(10,11)12)21-25-44(39)56/h14-30H,1-12H3. The average Bonchev–Trinajstić information content (AvgIpc) is 3.79. The van der Waals surface area contributed by atoms with Crippen molar-refractivity contribution in [2.75, 3.05) is 0 Å². The van der Waals surface area contributed by atoms with Crippen molar-refractivity contribution in [3.05, 3.63) is 137 Å². The summed E-state index contributed by atoms with van der Waals surface area (Å²) in [6, 6.07) is 38.0. The number of para-hydroxylation sites is 1. The molecule has 0 unspecified atom stereocenters. The lowest BCUT2D eigenvalue weighted by Gasteiger charge is -2.20. The molecule has 0 N–H and O–H groups in total. The highest BCUT2D eigenvalue weighted by molar-refractivity contribution is 6.17. The van der Waals surface area contributed by atoms with Gasteiger partial charge in [0.15, 0.2) is 0 Å². The minimum atomic E-state index is -0.0336. The predicted molar refractivity (Wildman–Crippen MR) is 243 cm³/mol. The molecule has 3 heterocycles. The number of fused-ring (bicyclic) bond motifs is 9. The zero-order valence-corrected chi connectivity index (χ0v) is 35.6. The Kier molecular flexibility index (Phi) is 7.82. The third kappa shape index (κ3) is 5.69. The van der Waals surface area contributed by atoms with Gasteiger partial charge in [-0.2, -0.15) is 0 Å². The van der Waals surface area contributed by atoms with Crippen LogP contribution in [0.15, 0.2) is 108 Å². The van der Waals surface area contributed by atoms with E-state index >= 15 is 0 Å². The summed E-state index contributed by atoms with van der Waals surface area (Å²) in [5.74, 6) is 0. The van der Waals surface area contributed by atoms with Crippen LogP contribution in [0.2, 0.25) is 0 Å². The third-order valence-electron chi connectivity index (χ3n) is 12.2. The number of aromatic nitrogens is 2. The molecule has 6 aromatic carbocycles. The van der Waals surface area contributed by atoms with Gasteiger partial charge in [-0.25, -0.2) is 4.85 Å². The summed E-state index contributed by atoms with van der Waals surface area (Å²) in [5.41, 5.74) is 13.0. The highest BCUT2D eigenvalue weighted by Crippen LogP contribution is 2.48. The first-order chi connectivity index (χ1) is 26.8. The maximum Gasteiger partial charge on any atom is 0.237 e. The van der Waals surface area contributed by atoms with Crippen LogP contribution >= 0.6 is 0 Å². The lowest BCUT2D eigenvalue weighted by molar-refractivity contribution is 0.590. The number of nitrogens with zero attached hydrogens (tertiary/aromatic N) is 3. The van der Waals surface area contributed by atoms with Gasteiger partial charge in [-0.1, -0.05) is 126 Å². The molecule has 4 heteroatoms. The highest BCUT2D eigenvalue weighted by atomic mass is 16.3. The minimum absolute atomic E-state index is 0.0239. The van der Waals surface area contributed by atoms with E-state index < -0.39 is 0 Å². The van der Waals surface area contributed by atoms with Crippen molar-refractivity contribution in [1.29, 1.82) is 0 Å². The Morgan fingerprint density at radius 1 is 0.439 bits per heavy atom. The van der Waals surface area contributed by atoms with Gasteiger partial charge >= 0.3 is 0 Å². The first-order valence-corrected chi connectivity index (χ1v) is 20.3. The fraction of sp³-hybridized carbons (Fsp3) is 0.302. The summed E-state index contributed by atoms with van der Waals surface area (Å²) in [4.78, 5) is 4.51. The van der Waals surface area contributed by atoms with E-state index in [0.29, 0.717) is 5.69 Å². The van der Waals surface area contributed by atoms with Gasteiger partial charge in [0.2, 0.25) is 5.69 Å². The van der Waals surface area contributed by atoms with Crippen LogP contribution in [0.1, 0.15) is 105 Å². The summed E-state index contributed by atoms with van der Waals surface area (Å²) in [6.45, 7) is 36.4. The zero-order chi connectivity index (χ0) is 40.6. The molecule has 0 fully saturated rings. The van der Waals surface area contributed by atoms with E-state index in [0.717, 1.165) is 55.4 Å². The second kappa shape index (κ2) is 12.1. The molecule has 0 aliphatic carbocycles. The van der Waals surface area contributed by atoms with Crippen molar-refractivity contribution in [3.8, 4) is 11.4 Å². The Balaban J connectivity index is 1.49. The van der Waals surface area contributed by atoms with Crippen LogP contribution in [0.4, 0.5) is 5.69 Å². The minimum Gasteiger partial charge on any atom is -0.455 e. The molecule has 0 aliphatic heterocycles. The van der Waals surface area contributed by atoms with Gasteiger partial charge in [0, 0.05) is 32.3 Å². The number of furan rings is 1. The average molecular weight is 748 g/mol. The van der Waals surface area contributed by atoms with Gasteiger partial charge < -0.3 is 13.6 Å². The second-order valence-corrected chi connectivity index (χ2v) is 20.3. The van der Waals surface area contributed by atoms with E-state index in [-0.39, 0.29) is 21.7 Å². The number of hydrogen-bond acceptors (Lipinski definition) is 1. The molecule has 0 atom stereocenters. The molecule has 0 saturated carbocycles.